The Bertz CT molecular complexity index is 555. The molecule has 0 atom stereocenters. The molecule has 102 valence electrons. The maximum atomic E-state index is 13.6. The number of hydrogen-bond donors (Lipinski definition) is 1. The molecular weight excluding hydrogens is 268 g/mol. The second-order valence-corrected chi connectivity index (χ2v) is 5.55. The van der Waals surface area contributed by atoms with Crippen LogP contribution in [0.5, 0.6) is 0 Å². The monoisotopic (exact) mass is 283 g/mol. The van der Waals surface area contributed by atoms with Crippen molar-refractivity contribution in [1.29, 1.82) is 0 Å². The van der Waals surface area contributed by atoms with E-state index >= 15 is 0 Å². The van der Waals surface area contributed by atoms with Gasteiger partial charge >= 0.3 is 0 Å². The largest absolute Gasteiger partial charge is 0.314 e. The zero-order valence-corrected chi connectivity index (χ0v) is 11.6. The molecule has 0 amide bonds. The van der Waals surface area contributed by atoms with E-state index in [2.05, 4.69) is 29.4 Å². The molecule has 0 unspecified atom stereocenters. The van der Waals surface area contributed by atoms with Crippen LogP contribution < -0.4 is 5.32 Å². The predicted molar refractivity (Wildman–Crippen MR) is 72.1 cm³/mol. The highest BCUT2D eigenvalue weighted by atomic mass is 32.1. The van der Waals surface area contributed by atoms with Gasteiger partial charge in [-0.05, 0) is 12.1 Å². The molecule has 1 aromatic carbocycles. The number of rotatable bonds is 5. The van der Waals surface area contributed by atoms with Crippen molar-refractivity contribution in [3.05, 3.63) is 34.8 Å². The van der Waals surface area contributed by atoms with Gasteiger partial charge in [0.1, 0.15) is 16.6 Å². The highest BCUT2D eigenvalue weighted by Gasteiger charge is 2.11. The van der Waals surface area contributed by atoms with Crippen molar-refractivity contribution >= 4 is 11.3 Å². The molecule has 1 N–H and O–H groups in total. The van der Waals surface area contributed by atoms with E-state index in [0.717, 1.165) is 24.0 Å². The van der Waals surface area contributed by atoms with Crippen LogP contribution in [0.4, 0.5) is 8.78 Å². The van der Waals surface area contributed by atoms with Gasteiger partial charge in [0.15, 0.2) is 5.01 Å². The van der Waals surface area contributed by atoms with Crippen LogP contribution in [0.25, 0.3) is 10.6 Å². The summed E-state index contributed by atoms with van der Waals surface area (Å²) in [5.41, 5.74) is 0.293. The fourth-order valence-electron chi connectivity index (χ4n) is 1.59. The van der Waals surface area contributed by atoms with Crippen LogP contribution in [-0.2, 0) is 6.42 Å². The molecule has 0 radical (unpaired) electrons. The minimum Gasteiger partial charge on any atom is -0.314 e. The maximum absolute atomic E-state index is 13.6. The van der Waals surface area contributed by atoms with Crippen molar-refractivity contribution in [1.82, 2.24) is 15.5 Å². The van der Waals surface area contributed by atoms with E-state index in [9.17, 15) is 8.78 Å². The maximum Gasteiger partial charge on any atom is 0.150 e. The summed E-state index contributed by atoms with van der Waals surface area (Å²) >= 11 is 1.33. The van der Waals surface area contributed by atoms with Crippen LogP contribution in [0.1, 0.15) is 18.9 Å². The lowest BCUT2D eigenvalue weighted by Crippen LogP contribution is -2.24. The molecule has 2 aromatic rings. The summed E-state index contributed by atoms with van der Waals surface area (Å²) in [5.74, 6) is -1.20. The third kappa shape index (κ3) is 3.78. The Morgan fingerprint density at radius 1 is 1.26 bits per heavy atom. The van der Waals surface area contributed by atoms with Gasteiger partial charge in [0.25, 0.3) is 0 Å². The molecule has 0 bridgehead atoms. The number of halogens is 2. The van der Waals surface area contributed by atoms with Gasteiger partial charge in [-0.2, -0.15) is 0 Å². The van der Waals surface area contributed by atoms with Crippen molar-refractivity contribution in [2.24, 2.45) is 0 Å². The fourth-order valence-corrected chi connectivity index (χ4v) is 2.46. The number of nitrogens with zero attached hydrogens (tertiary/aromatic N) is 2. The van der Waals surface area contributed by atoms with Crippen molar-refractivity contribution in [2.45, 2.75) is 26.3 Å². The molecule has 0 saturated heterocycles. The van der Waals surface area contributed by atoms with Gasteiger partial charge in [-0.1, -0.05) is 25.2 Å². The topological polar surface area (TPSA) is 37.8 Å². The molecule has 0 aliphatic rings. The molecule has 1 aromatic heterocycles. The Labute approximate surface area is 114 Å². The van der Waals surface area contributed by atoms with Gasteiger partial charge in [-0.3, -0.25) is 0 Å². The van der Waals surface area contributed by atoms with E-state index in [1.54, 1.807) is 0 Å². The lowest BCUT2D eigenvalue weighted by molar-refractivity contribution is 0.585. The fraction of sp³-hybridized carbons (Fsp3) is 0.385. The molecule has 0 aliphatic carbocycles. The summed E-state index contributed by atoms with van der Waals surface area (Å²) in [5, 5.41) is 12.6. The Morgan fingerprint density at radius 2 is 2.05 bits per heavy atom. The van der Waals surface area contributed by atoms with Crippen LogP contribution >= 0.6 is 11.3 Å². The van der Waals surface area contributed by atoms with Gasteiger partial charge in [0.05, 0.1) is 0 Å². The van der Waals surface area contributed by atoms with Crippen LogP contribution in [0.2, 0.25) is 0 Å². The van der Waals surface area contributed by atoms with Crippen LogP contribution in [0, 0.1) is 11.6 Å². The van der Waals surface area contributed by atoms with Crippen molar-refractivity contribution in [2.75, 3.05) is 6.54 Å². The lowest BCUT2D eigenvalue weighted by atomic mass is 10.2. The average molecular weight is 283 g/mol. The van der Waals surface area contributed by atoms with E-state index in [1.165, 1.54) is 23.5 Å². The minimum absolute atomic E-state index is 0.293. The first kappa shape index (κ1) is 14.0. The van der Waals surface area contributed by atoms with E-state index in [1.807, 2.05) is 0 Å². The van der Waals surface area contributed by atoms with Crippen LogP contribution in [-0.4, -0.2) is 22.8 Å². The van der Waals surface area contributed by atoms with Gasteiger partial charge in [-0.15, -0.1) is 10.2 Å². The summed E-state index contributed by atoms with van der Waals surface area (Å²) in [6, 6.07) is 3.89. The average Bonchev–Trinajstić information content (AvgIpc) is 2.77. The molecule has 6 heteroatoms. The first-order valence-corrected chi connectivity index (χ1v) is 6.89. The van der Waals surface area contributed by atoms with Crippen molar-refractivity contribution < 1.29 is 8.78 Å². The summed E-state index contributed by atoms with van der Waals surface area (Å²) < 4.78 is 26.4. The Morgan fingerprint density at radius 3 is 2.74 bits per heavy atom. The van der Waals surface area contributed by atoms with Crippen LogP contribution in [0.3, 0.4) is 0 Å². The minimum atomic E-state index is -0.608. The van der Waals surface area contributed by atoms with Gasteiger partial charge in [0, 0.05) is 30.6 Å². The second-order valence-electron chi connectivity index (χ2n) is 4.48. The summed E-state index contributed by atoms with van der Waals surface area (Å²) in [6.45, 7) is 4.94. The van der Waals surface area contributed by atoms with Crippen LogP contribution in [0.15, 0.2) is 18.2 Å². The standard InChI is InChI=1S/C13H15F2N3S/c1-8(2)16-6-5-12-17-18-13(19-12)10-4-3-9(14)7-11(10)15/h3-4,7-8,16H,5-6H2,1-2H3. The van der Waals surface area contributed by atoms with Gasteiger partial charge in [-0.25, -0.2) is 8.78 Å². The molecule has 2 rings (SSSR count). The molecule has 0 spiro atoms. The molecule has 0 fully saturated rings. The highest BCUT2D eigenvalue weighted by Crippen LogP contribution is 2.26. The lowest BCUT2D eigenvalue weighted by Gasteiger charge is -2.05. The summed E-state index contributed by atoms with van der Waals surface area (Å²) in [7, 11) is 0. The summed E-state index contributed by atoms with van der Waals surface area (Å²) in [6.07, 6.45) is 0.749. The Balaban J connectivity index is 2.08. The predicted octanol–water partition coefficient (Wildman–Crippen LogP) is 3.02. The quantitative estimate of drug-likeness (QED) is 0.916. The smallest absolute Gasteiger partial charge is 0.150 e. The molecule has 19 heavy (non-hydrogen) atoms. The number of nitrogens with one attached hydrogen (secondary N) is 1. The van der Waals surface area contributed by atoms with Crippen molar-refractivity contribution in [3.63, 3.8) is 0 Å². The van der Waals surface area contributed by atoms with Gasteiger partial charge < -0.3 is 5.32 Å². The third-order valence-corrected chi connectivity index (χ3v) is 3.54. The van der Waals surface area contributed by atoms with E-state index in [4.69, 9.17) is 0 Å². The first-order valence-electron chi connectivity index (χ1n) is 6.07. The Hall–Kier alpha value is -1.40. The van der Waals surface area contributed by atoms with Gasteiger partial charge in [0.2, 0.25) is 0 Å². The first-order chi connectivity index (χ1) is 9.06. The Kier molecular flexibility index (Phi) is 4.55. The van der Waals surface area contributed by atoms with E-state index in [-0.39, 0.29) is 0 Å². The summed E-state index contributed by atoms with van der Waals surface area (Å²) in [4.78, 5) is 0. The highest BCUT2D eigenvalue weighted by molar-refractivity contribution is 7.14. The molecule has 0 saturated carbocycles. The van der Waals surface area contributed by atoms with E-state index < -0.39 is 11.6 Å². The molecule has 0 aliphatic heterocycles. The van der Waals surface area contributed by atoms with Crippen molar-refractivity contribution in [3.8, 4) is 10.6 Å². The molecule has 1 heterocycles. The molecular formula is C13H15F2N3S. The zero-order valence-electron chi connectivity index (χ0n) is 10.8. The number of benzene rings is 1. The SMILES string of the molecule is CC(C)NCCc1nnc(-c2ccc(F)cc2F)s1. The van der Waals surface area contributed by atoms with E-state index in [0.29, 0.717) is 16.6 Å². The normalized spacial score (nSPS) is 11.2. The zero-order chi connectivity index (χ0) is 13.8. The third-order valence-electron chi connectivity index (χ3n) is 2.52. The molecule has 3 nitrogen and oxygen atoms in total. The second kappa shape index (κ2) is 6.16. The number of aromatic nitrogens is 2. The number of hydrogen-bond acceptors (Lipinski definition) is 4.